The van der Waals surface area contributed by atoms with Crippen LogP contribution in [0.1, 0.15) is 41.5 Å². The fourth-order valence-electron chi connectivity index (χ4n) is 4.59. The number of rotatable bonds is 5. The molecular weight excluding hydrogens is 450 g/mol. The fraction of sp³-hybridized carbons (Fsp3) is 0.375. The van der Waals surface area contributed by atoms with Crippen molar-refractivity contribution < 1.29 is 9.90 Å². The molecule has 1 N–H and O–H groups in total. The van der Waals surface area contributed by atoms with Crippen molar-refractivity contribution in [3.8, 4) is 0 Å². The van der Waals surface area contributed by atoms with E-state index in [2.05, 4.69) is 69.4 Å². The highest BCUT2D eigenvalue weighted by atomic mass is 79.9. The van der Waals surface area contributed by atoms with Gasteiger partial charge in [-0.2, -0.15) is 0 Å². The van der Waals surface area contributed by atoms with E-state index in [9.17, 15) is 4.79 Å². The third-order valence-corrected chi connectivity index (χ3v) is 6.45. The van der Waals surface area contributed by atoms with Gasteiger partial charge in [0.05, 0.1) is 0 Å². The molecule has 0 bridgehead atoms. The molecule has 5 heteroatoms. The number of hydrogen-bond donors (Lipinski definition) is 1. The Morgan fingerprint density at radius 2 is 1.90 bits per heavy atom. The molecule has 0 amide bonds. The van der Waals surface area contributed by atoms with E-state index in [1.165, 1.54) is 27.8 Å². The number of carboxylic acids is 1. The van der Waals surface area contributed by atoms with Crippen LogP contribution in [0.4, 0.5) is 0 Å². The Hall–Kier alpha value is -1.62. The van der Waals surface area contributed by atoms with E-state index in [0.717, 1.165) is 49.8 Å². The van der Waals surface area contributed by atoms with Crippen molar-refractivity contribution in [3.05, 3.63) is 75.3 Å². The lowest BCUT2D eigenvalue weighted by Gasteiger charge is -2.16. The zero-order chi connectivity index (χ0) is 19.5. The van der Waals surface area contributed by atoms with Gasteiger partial charge < -0.3 is 10.0 Å². The summed E-state index contributed by atoms with van der Waals surface area (Å²) in [5.41, 5.74) is 6.87. The van der Waals surface area contributed by atoms with Crippen molar-refractivity contribution >= 4 is 39.9 Å². The van der Waals surface area contributed by atoms with Crippen LogP contribution in [0.15, 0.2) is 53.0 Å². The normalized spacial score (nSPS) is 19.9. The maximum absolute atomic E-state index is 10.9. The first-order chi connectivity index (χ1) is 13.6. The number of aliphatic carboxylic acids is 1. The second-order valence-corrected chi connectivity index (χ2v) is 8.83. The zero-order valence-corrected chi connectivity index (χ0v) is 18.8. The van der Waals surface area contributed by atoms with Crippen LogP contribution in [-0.2, 0) is 17.6 Å². The van der Waals surface area contributed by atoms with Gasteiger partial charge in [0.2, 0.25) is 0 Å². The molecule has 0 aromatic heterocycles. The van der Waals surface area contributed by atoms with Gasteiger partial charge in [0, 0.05) is 24.0 Å². The standard InChI is InChI=1S/C24H26BrNO2.ClH/c25-20-9-10-22-19(15-20)8-7-18-4-1-2-5-21(18)23(22)6-3-12-26-13-11-17(16-26)14-24(27)28;/h1-2,4-6,9-10,15,17H,3,7-8,11-14,16H2,(H,27,28);1H. The van der Waals surface area contributed by atoms with E-state index in [1.54, 1.807) is 0 Å². The number of nitrogens with zero attached hydrogens (tertiary/aromatic N) is 1. The molecule has 2 aliphatic rings. The summed E-state index contributed by atoms with van der Waals surface area (Å²) in [5.74, 6) is -0.367. The van der Waals surface area contributed by atoms with Crippen LogP contribution in [-0.4, -0.2) is 35.6 Å². The molecule has 1 aliphatic heterocycles. The molecule has 1 fully saturated rings. The molecule has 1 heterocycles. The number of aryl methyl sites for hydroxylation is 2. The minimum absolute atomic E-state index is 0. The van der Waals surface area contributed by atoms with Gasteiger partial charge in [-0.25, -0.2) is 0 Å². The summed E-state index contributed by atoms with van der Waals surface area (Å²) in [4.78, 5) is 13.4. The molecule has 29 heavy (non-hydrogen) atoms. The van der Waals surface area contributed by atoms with Gasteiger partial charge in [-0.05, 0) is 78.1 Å². The Morgan fingerprint density at radius 3 is 2.72 bits per heavy atom. The summed E-state index contributed by atoms with van der Waals surface area (Å²) >= 11 is 3.62. The maximum Gasteiger partial charge on any atom is 0.303 e. The number of carboxylic acid groups (broad SMARTS) is 1. The van der Waals surface area contributed by atoms with Gasteiger partial charge in [-0.1, -0.05) is 52.3 Å². The highest BCUT2D eigenvalue weighted by molar-refractivity contribution is 9.10. The number of carbonyl (C=O) groups is 1. The van der Waals surface area contributed by atoms with E-state index in [1.807, 2.05) is 0 Å². The zero-order valence-electron chi connectivity index (χ0n) is 16.4. The average molecular weight is 477 g/mol. The van der Waals surface area contributed by atoms with Gasteiger partial charge in [0.25, 0.3) is 0 Å². The second-order valence-electron chi connectivity index (χ2n) is 7.92. The highest BCUT2D eigenvalue weighted by Crippen LogP contribution is 2.35. The van der Waals surface area contributed by atoms with E-state index >= 15 is 0 Å². The molecular formula is C24H27BrClNO2. The molecule has 4 rings (SSSR count). The third-order valence-electron chi connectivity index (χ3n) is 5.96. The monoisotopic (exact) mass is 475 g/mol. The smallest absolute Gasteiger partial charge is 0.303 e. The van der Waals surface area contributed by atoms with Gasteiger partial charge in [-0.3, -0.25) is 4.79 Å². The number of hydrogen-bond acceptors (Lipinski definition) is 2. The third kappa shape index (κ3) is 5.30. The minimum atomic E-state index is -0.674. The molecule has 0 spiro atoms. The van der Waals surface area contributed by atoms with Gasteiger partial charge >= 0.3 is 5.97 Å². The number of benzene rings is 2. The summed E-state index contributed by atoms with van der Waals surface area (Å²) in [7, 11) is 0. The first kappa shape index (κ1) is 22.1. The highest BCUT2D eigenvalue weighted by Gasteiger charge is 2.24. The predicted octanol–water partition coefficient (Wildman–Crippen LogP) is 5.59. The van der Waals surface area contributed by atoms with E-state index < -0.39 is 5.97 Å². The maximum atomic E-state index is 10.9. The van der Waals surface area contributed by atoms with E-state index in [0.29, 0.717) is 12.3 Å². The molecule has 2 aromatic carbocycles. The Labute approximate surface area is 187 Å². The van der Waals surface area contributed by atoms with Crippen molar-refractivity contribution in [2.75, 3.05) is 19.6 Å². The molecule has 0 saturated carbocycles. The first-order valence-corrected chi connectivity index (χ1v) is 10.9. The van der Waals surface area contributed by atoms with Crippen molar-refractivity contribution in [2.24, 2.45) is 5.92 Å². The average Bonchev–Trinajstić information content (AvgIpc) is 3.04. The van der Waals surface area contributed by atoms with Crippen molar-refractivity contribution in [1.29, 1.82) is 0 Å². The molecule has 1 aliphatic carbocycles. The van der Waals surface area contributed by atoms with Crippen LogP contribution in [0.3, 0.4) is 0 Å². The molecule has 1 saturated heterocycles. The summed E-state index contributed by atoms with van der Waals surface area (Å²) < 4.78 is 1.14. The first-order valence-electron chi connectivity index (χ1n) is 10.1. The second kappa shape index (κ2) is 9.92. The minimum Gasteiger partial charge on any atom is -0.481 e. The Kier molecular flexibility index (Phi) is 7.55. The SMILES string of the molecule is Cl.O=C(O)CC1CCN(CCC=C2c3ccccc3CCc3cc(Br)ccc32)C1. The van der Waals surface area contributed by atoms with E-state index in [4.69, 9.17) is 5.11 Å². The van der Waals surface area contributed by atoms with Crippen LogP contribution in [0.5, 0.6) is 0 Å². The van der Waals surface area contributed by atoms with Crippen molar-refractivity contribution in [2.45, 2.75) is 32.1 Å². The lowest BCUT2D eigenvalue weighted by atomic mass is 9.93. The van der Waals surface area contributed by atoms with Gasteiger partial charge in [0.1, 0.15) is 0 Å². The van der Waals surface area contributed by atoms with Gasteiger partial charge in [0.15, 0.2) is 0 Å². The number of likely N-dealkylation sites (tertiary alicyclic amines) is 1. The lowest BCUT2D eigenvalue weighted by molar-refractivity contribution is -0.138. The Bertz CT molecular complexity index is 912. The Morgan fingerprint density at radius 1 is 1.14 bits per heavy atom. The topological polar surface area (TPSA) is 40.5 Å². The molecule has 1 unspecified atom stereocenters. The molecule has 154 valence electrons. The summed E-state index contributed by atoms with van der Waals surface area (Å²) in [6.07, 6.45) is 6.81. The van der Waals surface area contributed by atoms with Crippen LogP contribution in [0, 0.1) is 5.92 Å². The predicted molar refractivity (Wildman–Crippen MR) is 124 cm³/mol. The van der Waals surface area contributed by atoms with Crippen LogP contribution >= 0.6 is 28.3 Å². The molecule has 2 aromatic rings. The lowest BCUT2D eigenvalue weighted by Crippen LogP contribution is -2.22. The molecule has 3 nitrogen and oxygen atoms in total. The van der Waals surface area contributed by atoms with Crippen LogP contribution in [0.25, 0.3) is 5.57 Å². The van der Waals surface area contributed by atoms with E-state index in [-0.39, 0.29) is 12.4 Å². The summed E-state index contributed by atoms with van der Waals surface area (Å²) in [5, 5.41) is 9.01. The molecule has 0 radical (unpaired) electrons. The van der Waals surface area contributed by atoms with Crippen molar-refractivity contribution in [1.82, 2.24) is 4.90 Å². The van der Waals surface area contributed by atoms with Gasteiger partial charge in [-0.15, -0.1) is 12.4 Å². The number of halogens is 2. The van der Waals surface area contributed by atoms with Crippen LogP contribution in [0.2, 0.25) is 0 Å². The quantitative estimate of drug-likeness (QED) is 0.612. The largest absolute Gasteiger partial charge is 0.481 e. The van der Waals surface area contributed by atoms with Crippen LogP contribution < -0.4 is 0 Å². The fourth-order valence-corrected chi connectivity index (χ4v) is 5.00. The summed E-state index contributed by atoms with van der Waals surface area (Å²) in [6.45, 7) is 2.92. The van der Waals surface area contributed by atoms with Crippen molar-refractivity contribution in [3.63, 3.8) is 0 Å². The number of fused-ring (bicyclic) bond motifs is 2. The Balaban J connectivity index is 0.00000240. The summed E-state index contributed by atoms with van der Waals surface area (Å²) in [6, 6.07) is 15.4. The molecule has 1 atom stereocenters.